The zero-order chi connectivity index (χ0) is 12.3. The summed E-state index contributed by atoms with van der Waals surface area (Å²) in [7, 11) is 0. The van der Waals surface area contributed by atoms with E-state index in [0.29, 0.717) is 12.6 Å². The van der Waals surface area contributed by atoms with Gasteiger partial charge in [-0.05, 0) is 50.1 Å². The summed E-state index contributed by atoms with van der Waals surface area (Å²) in [5.41, 5.74) is 0.846. The standard InChI is InChI=1S/C14H21NOS/c1-11(15-10-14(16)8-3-9-14)12-4-6-13(17-2)7-5-12/h4-7,11,15-16H,3,8-10H2,1-2H3. The molecule has 0 bridgehead atoms. The van der Waals surface area contributed by atoms with Crippen LogP contribution in [-0.2, 0) is 0 Å². The first-order valence-corrected chi connectivity index (χ1v) is 7.45. The summed E-state index contributed by atoms with van der Waals surface area (Å²) in [4.78, 5) is 1.29. The Kier molecular flexibility index (Phi) is 4.13. The van der Waals surface area contributed by atoms with Gasteiger partial charge in [-0.25, -0.2) is 0 Å². The third-order valence-corrected chi connectivity index (χ3v) is 4.38. The summed E-state index contributed by atoms with van der Waals surface area (Å²) in [5, 5.41) is 13.4. The quantitative estimate of drug-likeness (QED) is 0.789. The predicted molar refractivity (Wildman–Crippen MR) is 73.4 cm³/mol. The SMILES string of the molecule is CSc1ccc(C(C)NCC2(O)CCC2)cc1. The lowest BCUT2D eigenvalue weighted by molar-refractivity contribution is -0.0329. The van der Waals surface area contributed by atoms with Crippen molar-refractivity contribution in [1.29, 1.82) is 0 Å². The Hall–Kier alpha value is -0.510. The molecule has 0 saturated heterocycles. The van der Waals surface area contributed by atoms with E-state index in [4.69, 9.17) is 0 Å². The smallest absolute Gasteiger partial charge is 0.0771 e. The van der Waals surface area contributed by atoms with Gasteiger partial charge in [0, 0.05) is 17.5 Å². The van der Waals surface area contributed by atoms with Crippen LogP contribution >= 0.6 is 11.8 Å². The van der Waals surface area contributed by atoms with Gasteiger partial charge in [-0.1, -0.05) is 12.1 Å². The molecule has 0 aliphatic heterocycles. The molecule has 1 aliphatic carbocycles. The van der Waals surface area contributed by atoms with Crippen LogP contribution in [0, 0.1) is 0 Å². The van der Waals surface area contributed by atoms with Gasteiger partial charge in [-0.3, -0.25) is 0 Å². The van der Waals surface area contributed by atoms with E-state index < -0.39 is 5.60 Å². The number of hydrogen-bond acceptors (Lipinski definition) is 3. The normalized spacial score (nSPS) is 19.7. The summed E-state index contributed by atoms with van der Waals surface area (Å²) in [6.07, 6.45) is 5.13. The second kappa shape index (κ2) is 5.42. The Morgan fingerprint density at radius 3 is 2.47 bits per heavy atom. The van der Waals surface area contributed by atoms with E-state index in [-0.39, 0.29) is 0 Å². The Labute approximate surface area is 108 Å². The number of nitrogens with one attached hydrogen (secondary N) is 1. The lowest BCUT2D eigenvalue weighted by Crippen LogP contribution is -2.46. The molecule has 3 heteroatoms. The van der Waals surface area contributed by atoms with E-state index >= 15 is 0 Å². The number of rotatable bonds is 5. The highest BCUT2D eigenvalue weighted by Gasteiger charge is 2.34. The number of thioether (sulfide) groups is 1. The topological polar surface area (TPSA) is 32.3 Å². The highest BCUT2D eigenvalue weighted by molar-refractivity contribution is 7.98. The molecule has 0 heterocycles. The summed E-state index contributed by atoms with van der Waals surface area (Å²) in [6, 6.07) is 8.92. The summed E-state index contributed by atoms with van der Waals surface area (Å²) >= 11 is 1.76. The molecule has 0 amide bonds. The lowest BCUT2D eigenvalue weighted by atomic mass is 9.80. The van der Waals surface area contributed by atoms with Crippen molar-refractivity contribution in [3.8, 4) is 0 Å². The molecule has 1 atom stereocenters. The minimum atomic E-state index is -0.437. The number of aliphatic hydroxyl groups is 1. The fourth-order valence-electron chi connectivity index (χ4n) is 2.12. The van der Waals surface area contributed by atoms with Crippen molar-refractivity contribution >= 4 is 11.8 Å². The molecule has 0 aromatic heterocycles. The number of hydrogen-bond donors (Lipinski definition) is 2. The van der Waals surface area contributed by atoms with E-state index in [9.17, 15) is 5.11 Å². The van der Waals surface area contributed by atoms with E-state index in [1.54, 1.807) is 11.8 Å². The van der Waals surface area contributed by atoms with Crippen LogP contribution in [0.25, 0.3) is 0 Å². The molecule has 1 aromatic carbocycles. The second-order valence-electron chi connectivity index (χ2n) is 4.95. The van der Waals surface area contributed by atoms with Crippen molar-refractivity contribution in [2.75, 3.05) is 12.8 Å². The minimum Gasteiger partial charge on any atom is -0.389 e. The van der Waals surface area contributed by atoms with Gasteiger partial charge in [-0.2, -0.15) is 0 Å². The van der Waals surface area contributed by atoms with Crippen molar-refractivity contribution in [3.63, 3.8) is 0 Å². The predicted octanol–water partition coefficient (Wildman–Crippen LogP) is 2.97. The molecule has 2 N–H and O–H groups in total. The molecule has 0 radical (unpaired) electrons. The molecule has 17 heavy (non-hydrogen) atoms. The van der Waals surface area contributed by atoms with Crippen LogP contribution in [0.2, 0.25) is 0 Å². The largest absolute Gasteiger partial charge is 0.389 e. The molecule has 1 fully saturated rings. The number of benzene rings is 1. The summed E-state index contributed by atoms with van der Waals surface area (Å²) in [6.45, 7) is 2.86. The average Bonchev–Trinajstić information content (AvgIpc) is 2.33. The molecular formula is C14H21NOS. The monoisotopic (exact) mass is 251 g/mol. The van der Waals surface area contributed by atoms with E-state index in [1.807, 2.05) is 0 Å². The molecule has 2 nitrogen and oxygen atoms in total. The van der Waals surface area contributed by atoms with Crippen molar-refractivity contribution in [3.05, 3.63) is 29.8 Å². The summed E-state index contributed by atoms with van der Waals surface area (Å²) < 4.78 is 0. The van der Waals surface area contributed by atoms with Crippen LogP contribution in [0.5, 0.6) is 0 Å². The maximum Gasteiger partial charge on any atom is 0.0771 e. The molecule has 1 aromatic rings. The zero-order valence-corrected chi connectivity index (χ0v) is 11.4. The first kappa shape index (κ1) is 12.9. The molecule has 0 spiro atoms. The van der Waals surface area contributed by atoms with Gasteiger partial charge < -0.3 is 10.4 Å². The Balaban J connectivity index is 1.87. The lowest BCUT2D eigenvalue weighted by Gasteiger charge is -2.37. The van der Waals surface area contributed by atoms with E-state index in [2.05, 4.69) is 42.8 Å². The van der Waals surface area contributed by atoms with Crippen molar-refractivity contribution in [1.82, 2.24) is 5.32 Å². The van der Waals surface area contributed by atoms with Crippen LogP contribution in [0.15, 0.2) is 29.2 Å². The maximum atomic E-state index is 10.0. The highest BCUT2D eigenvalue weighted by atomic mass is 32.2. The Bertz CT molecular complexity index is 359. The zero-order valence-electron chi connectivity index (χ0n) is 10.6. The third kappa shape index (κ3) is 3.24. The van der Waals surface area contributed by atoms with Gasteiger partial charge in [0.1, 0.15) is 0 Å². The van der Waals surface area contributed by atoms with Gasteiger partial charge in [-0.15, -0.1) is 11.8 Å². The molecule has 94 valence electrons. The highest BCUT2D eigenvalue weighted by Crippen LogP contribution is 2.31. The first-order valence-electron chi connectivity index (χ1n) is 6.23. The fourth-order valence-corrected chi connectivity index (χ4v) is 2.52. The van der Waals surface area contributed by atoms with Crippen LogP contribution in [0.4, 0.5) is 0 Å². The van der Waals surface area contributed by atoms with Crippen molar-refractivity contribution < 1.29 is 5.11 Å². The van der Waals surface area contributed by atoms with E-state index in [1.165, 1.54) is 10.5 Å². The van der Waals surface area contributed by atoms with Crippen LogP contribution in [0.3, 0.4) is 0 Å². The average molecular weight is 251 g/mol. The summed E-state index contributed by atoms with van der Waals surface area (Å²) in [5.74, 6) is 0. The van der Waals surface area contributed by atoms with Gasteiger partial charge >= 0.3 is 0 Å². The molecule has 2 rings (SSSR count). The molecule has 1 saturated carbocycles. The van der Waals surface area contributed by atoms with Crippen molar-refractivity contribution in [2.45, 2.75) is 42.7 Å². The molecule has 1 aliphatic rings. The third-order valence-electron chi connectivity index (χ3n) is 3.64. The van der Waals surface area contributed by atoms with Gasteiger partial charge in [0.2, 0.25) is 0 Å². The molecule has 1 unspecified atom stereocenters. The fraction of sp³-hybridized carbons (Fsp3) is 0.571. The second-order valence-corrected chi connectivity index (χ2v) is 5.83. The van der Waals surface area contributed by atoms with Crippen molar-refractivity contribution in [2.24, 2.45) is 0 Å². The van der Waals surface area contributed by atoms with Crippen LogP contribution in [-0.4, -0.2) is 23.5 Å². The Morgan fingerprint density at radius 1 is 1.35 bits per heavy atom. The van der Waals surface area contributed by atoms with E-state index in [0.717, 1.165) is 19.3 Å². The Morgan fingerprint density at radius 2 is 2.00 bits per heavy atom. The van der Waals surface area contributed by atoms with Gasteiger partial charge in [0.15, 0.2) is 0 Å². The first-order chi connectivity index (χ1) is 8.13. The van der Waals surface area contributed by atoms with Gasteiger partial charge in [0.05, 0.1) is 5.60 Å². The molecular weight excluding hydrogens is 230 g/mol. The van der Waals surface area contributed by atoms with Gasteiger partial charge in [0.25, 0.3) is 0 Å². The maximum absolute atomic E-state index is 10.0. The minimum absolute atomic E-state index is 0.301. The van der Waals surface area contributed by atoms with Crippen LogP contribution < -0.4 is 5.32 Å². The van der Waals surface area contributed by atoms with Crippen LogP contribution in [0.1, 0.15) is 37.8 Å².